The highest BCUT2D eigenvalue weighted by Gasteiger charge is 2.13. The Bertz CT molecular complexity index is 1320. The van der Waals surface area contributed by atoms with Crippen LogP contribution in [0.1, 0.15) is 0 Å². The topological polar surface area (TPSA) is 0 Å². The molecule has 0 bridgehead atoms. The highest BCUT2D eigenvalue weighted by atomic mass is 79.9. The fourth-order valence-electron chi connectivity index (χ4n) is 3.85. The average molecular weight is 488 g/mol. The van der Waals surface area contributed by atoms with E-state index in [1.54, 1.807) is 0 Å². The lowest BCUT2D eigenvalue weighted by molar-refractivity contribution is 1.59. The molecule has 0 spiro atoms. The molecule has 0 fully saturated rings. The van der Waals surface area contributed by atoms with E-state index in [1.165, 1.54) is 43.8 Å². The van der Waals surface area contributed by atoms with E-state index in [4.69, 9.17) is 0 Å². The first kappa shape index (κ1) is 17.7. The Morgan fingerprint density at radius 1 is 0.393 bits per heavy atom. The standard InChI is InChI=1S/C26H16Br2/c27-25-21-12-6-7-13-22(21)26(28)24-16-18(14-15-23(24)25)20-11-5-4-10-19(20)17-8-2-1-3-9-17/h1-16H. The van der Waals surface area contributed by atoms with Gasteiger partial charge in [0.05, 0.1) is 0 Å². The molecule has 0 amide bonds. The monoisotopic (exact) mass is 486 g/mol. The van der Waals surface area contributed by atoms with Crippen LogP contribution in [0.25, 0.3) is 43.8 Å². The summed E-state index contributed by atoms with van der Waals surface area (Å²) < 4.78 is 2.28. The largest absolute Gasteiger partial charge is 0.0622 e. The van der Waals surface area contributed by atoms with E-state index in [9.17, 15) is 0 Å². The third-order valence-electron chi connectivity index (χ3n) is 5.22. The molecule has 2 heteroatoms. The summed E-state index contributed by atoms with van der Waals surface area (Å²) in [4.78, 5) is 0. The molecule has 0 radical (unpaired) electrons. The Morgan fingerprint density at radius 2 is 0.893 bits per heavy atom. The van der Waals surface area contributed by atoms with Crippen molar-refractivity contribution in [3.05, 3.63) is 106 Å². The van der Waals surface area contributed by atoms with Crippen LogP contribution in [0, 0.1) is 0 Å². The predicted octanol–water partition coefficient (Wildman–Crippen LogP) is 8.85. The van der Waals surface area contributed by atoms with Gasteiger partial charge in [-0.2, -0.15) is 0 Å². The van der Waals surface area contributed by atoms with Crippen LogP contribution < -0.4 is 0 Å². The lowest BCUT2D eigenvalue weighted by atomic mass is 9.93. The highest BCUT2D eigenvalue weighted by Crippen LogP contribution is 2.41. The molecule has 5 aromatic carbocycles. The molecule has 0 saturated carbocycles. The van der Waals surface area contributed by atoms with Crippen molar-refractivity contribution in [3.8, 4) is 22.3 Å². The van der Waals surface area contributed by atoms with E-state index < -0.39 is 0 Å². The van der Waals surface area contributed by atoms with E-state index in [2.05, 4.69) is 129 Å². The maximum absolute atomic E-state index is 3.87. The second-order valence-electron chi connectivity index (χ2n) is 6.85. The van der Waals surface area contributed by atoms with Gasteiger partial charge < -0.3 is 0 Å². The number of hydrogen-bond donors (Lipinski definition) is 0. The van der Waals surface area contributed by atoms with Crippen LogP contribution in [0.4, 0.5) is 0 Å². The van der Waals surface area contributed by atoms with E-state index in [0.29, 0.717) is 0 Å². The second-order valence-corrected chi connectivity index (χ2v) is 8.43. The molecule has 0 nitrogen and oxygen atoms in total. The summed E-state index contributed by atoms with van der Waals surface area (Å²) in [5.74, 6) is 0. The molecule has 0 heterocycles. The van der Waals surface area contributed by atoms with Crippen molar-refractivity contribution in [2.24, 2.45) is 0 Å². The molecule has 0 aliphatic rings. The molecular formula is C26H16Br2. The molecule has 28 heavy (non-hydrogen) atoms. The Morgan fingerprint density at radius 3 is 1.57 bits per heavy atom. The summed E-state index contributed by atoms with van der Waals surface area (Å²) >= 11 is 7.69. The van der Waals surface area contributed by atoms with Crippen LogP contribution in [0.15, 0.2) is 106 Å². The van der Waals surface area contributed by atoms with Gasteiger partial charge in [0, 0.05) is 8.95 Å². The lowest BCUT2D eigenvalue weighted by Crippen LogP contribution is -1.87. The zero-order valence-corrected chi connectivity index (χ0v) is 18.2. The first-order valence-corrected chi connectivity index (χ1v) is 10.8. The van der Waals surface area contributed by atoms with Crippen molar-refractivity contribution in [1.29, 1.82) is 0 Å². The number of fused-ring (bicyclic) bond motifs is 2. The summed E-state index contributed by atoms with van der Waals surface area (Å²) in [6.45, 7) is 0. The third kappa shape index (κ3) is 2.88. The van der Waals surface area contributed by atoms with Gasteiger partial charge in [-0.3, -0.25) is 0 Å². The van der Waals surface area contributed by atoms with Crippen molar-refractivity contribution in [2.45, 2.75) is 0 Å². The van der Waals surface area contributed by atoms with Crippen molar-refractivity contribution in [1.82, 2.24) is 0 Å². The minimum absolute atomic E-state index is 1.14. The molecule has 0 atom stereocenters. The van der Waals surface area contributed by atoms with Crippen LogP contribution in [-0.2, 0) is 0 Å². The van der Waals surface area contributed by atoms with E-state index in [1.807, 2.05) is 0 Å². The smallest absolute Gasteiger partial charge is 0.0333 e. The predicted molar refractivity (Wildman–Crippen MR) is 128 cm³/mol. The van der Waals surface area contributed by atoms with Crippen LogP contribution >= 0.6 is 31.9 Å². The number of benzene rings is 5. The fraction of sp³-hybridized carbons (Fsp3) is 0. The van der Waals surface area contributed by atoms with Gasteiger partial charge in [-0.1, -0.05) is 91.0 Å². The van der Waals surface area contributed by atoms with Crippen molar-refractivity contribution in [2.75, 3.05) is 0 Å². The normalized spacial score (nSPS) is 11.2. The Labute approximate surface area is 181 Å². The van der Waals surface area contributed by atoms with Gasteiger partial charge in [-0.25, -0.2) is 0 Å². The summed E-state index contributed by atoms with van der Waals surface area (Å²) in [5, 5.41) is 4.87. The van der Waals surface area contributed by atoms with Gasteiger partial charge in [-0.05, 0) is 81.7 Å². The number of rotatable bonds is 2. The zero-order chi connectivity index (χ0) is 19.1. The summed E-state index contributed by atoms with van der Waals surface area (Å²) in [6.07, 6.45) is 0. The van der Waals surface area contributed by atoms with Crippen LogP contribution in [0.3, 0.4) is 0 Å². The van der Waals surface area contributed by atoms with Crippen molar-refractivity contribution in [3.63, 3.8) is 0 Å². The van der Waals surface area contributed by atoms with Gasteiger partial charge in [0.1, 0.15) is 0 Å². The van der Waals surface area contributed by atoms with Gasteiger partial charge in [0.25, 0.3) is 0 Å². The lowest BCUT2D eigenvalue weighted by Gasteiger charge is -2.14. The molecule has 0 saturated heterocycles. The number of hydrogen-bond acceptors (Lipinski definition) is 0. The molecule has 0 aliphatic carbocycles. The van der Waals surface area contributed by atoms with E-state index in [-0.39, 0.29) is 0 Å². The van der Waals surface area contributed by atoms with Crippen LogP contribution in [0.2, 0.25) is 0 Å². The van der Waals surface area contributed by atoms with Crippen molar-refractivity contribution >= 4 is 53.4 Å². The van der Waals surface area contributed by atoms with Gasteiger partial charge >= 0.3 is 0 Å². The first-order valence-electron chi connectivity index (χ1n) is 9.18. The molecular weight excluding hydrogens is 472 g/mol. The van der Waals surface area contributed by atoms with Gasteiger partial charge in [0.15, 0.2) is 0 Å². The molecule has 5 rings (SSSR count). The molecule has 0 aromatic heterocycles. The minimum Gasteiger partial charge on any atom is -0.0622 e. The summed E-state index contributed by atoms with van der Waals surface area (Å²) in [6, 6.07) is 34.4. The quantitative estimate of drug-likeness (QED) is 0.218. The minimum atomic E-state index is 1.14. The third-order valence-corrected chi connectivity index (χ3v) is 6.92. The second kappa shape index (κ2) is 7.20. The summed E-state index contributed by atoms with van der Waals surface area (Å²) in [7, 11) is 0. The maximum atomic E-state index is 3.87. The van der Waals surface area contributed by atoms with Gasteiger partial charge in [0.2, 0.25) is 0 Å². The number of halogens is 2. The molecule has 0 unspecified atom stereocenters. The first-order chi connectivity index (χ1) is 13.7. The Kier molecular flexibility index (Phi) is 4.54. The average Bonchev–Trinajstić information content (AvgIpc) is 2.78. The van der Waals surface area contributed by atoms with E-state index >= 15 is 0 Å². The highest BCUT2D eigenvalue weighted by molar-refractivity contribution is 9.11. The summed E-state index contributed by atoms with van der Waals surface area (Å²) in [5.41, 5.74) is 4.94. The SMILES string of the molecule is Brc1c2ccccc2c(Br)c2cc(-c3ccccc3-c3ccccc3)ccc12. The molecule has 5 aromatic rings. The molecule has 0 aliphatic heterocycles. The fourth-order valence-corrected chi connectivity index (χ4v) is 5.21. The Hall–Kier alpha value is -2.42. The van der Waals surface area contributed by atoms with Crippen molar-refractivity contribution < 1.29 is 0 Å². The van der Waals surface area contributed by atoms with Crippen LogP contribution in [-0.4, -0.2) is 0 Å². The van der Waals surface area contributed by atoms with Gasteiger partial charge in [-0.15, -0.1) is 0 Å². The molecule has 134 valence electrons. The molecule has 0 N–H and O–H groups in total. The maximum Gasteiger partial charge on any atom is 0.0333 e. The van der Waals surface area contributed by atoms with E-state index in [0.717, 1.165) is 8.95 Å². The van der Waals surface area contributed by atoms with Crippen LogP contribution in [0.5, 0.6) is 0 Å². The Balaban J connectivity index is 1.79. The zero-order valence-electron chi connectivity index (χ0n) is 15.0.